The summed E-state index contributed by atoms with van der Waals surface area (Å²) >= 11 is 0. The van der Waals surface area contributed by atoms with E-state index in [9.17, 15) is 19.3 Å². The topological polar surface area (TPSA) is 85.4 Å². The highest BCUT2D eigenvalue weighted by Crippen LogP contribution is 2.27. The van der Waals surface area contributed by atoms with E-state index in [1.54, 1.807) is 0 Å². The van der Waals surface area contributed by atoms with Crippen molar-refractivity contribution in [1.82, 2.24) is 0 Å². The molecule has 1 amide bonds. The van der Waals surface area contributed by atoms with Crippen LogP contribution in [0.5, 0.6) is 0 Å². The first-order chi connectivity index (χ1) is 8.59. The van der Waals surface area contributed by atoms with Gasteiger partial charge in [0.2, 0.25) is 0 Å². The second-order valence-electron chi connectivity index (χ2n) is 3.32. The molecule has 2 aromatic rings. The number of nitro benzene ring substituents is 1. The quantitative estimate of drug-likeness (QED) is 0.670. The van der Waals surface area contributed by atoms with Gasteiger partial charge in [0.15, 0.2) is 17.3 Å². The minimum absolute atomic E-state index is 0.0625. The lowest BCUT2D eigenvalue weighted by molar-refractivity contribution is -0.384. The zero-order valence-electron chi connectivity index (χ0n) is 8.92. The number of rotatable bonds is 3. The minimum Gasteiger partial charge on any atom is -0.459 e. The van der Waals surface area contributed by atoms with Gasteiger partial charge in [0.05, 0.1) is 11.2 Å². The van der Waals surface area contributed by atoms with E-state index in [1.807, 2.05) is 0 Å². The number of halogens is 1. The first kappa shape index (κ1) is 11.8. The zero-order chi connectivity index (χ0) is 13.1. The van der Waals surface area contributed by atoms with Crippen molar-refractivity contribution in [3.05, 3.63) is 58.3 Å². The molecule has 0 aliphatic heterocycles. The van der Waals surface area contributed by atoms with Crippen LogP contribution in [0.1, 0.15) is 10.6 Å². The molecule has 2 rings (SSSR count). The van der Waals surface area contributed by atoms with Crippen molar-refractivity contribution in [3.63, 3.8) is 0 Å². The maximum absolute atomic E-state index is 13.5. The molecule has 0 bridgehead atoms. The molecule has 0 aliphatic carbocycles. The number of amides is 1. The van der Waals surface area contributed by atoms with Crippen LogP contribution in [0.2, 0.25) is 0 Å². The van der Waals surface area contributed by atoms with E-state index in [2.05, 4.69) is 5.32 Å². The van der Waals surface area contributed by atoms with Crippen molar-refractivity contribution in [3.8, 4) is 0 Å². The Labute approximate surface area is 100 Å². The number of anilines is 1. The summed E-state index contributed by atoms with van der Waals surface area (Å²) in [5.41, 5.74) is -1.00. The predicted molar refractivity (Wildman–Crippen MR) is 59.7 cm³/mol. The highest BCUT2D eigenvalue weighted by Gasteiger charge is 2.21. The molecule has 1 heterocycles. The molecular weight excluding hydrogens is 243 g/mol. The summed E-state index contributed by atoms with van der Waals surface area (Å²) in [6.45, 7) is 0. The largest absolute Gasteiger partial charge is 0.459 e. The van der Waals surface area contributed by atoms with Crippen LogP contribution in [-0.4, -0.2) is 10.8 Å². The standard InChI is InChI=1S/C11H7FN2O4/c12-7-3-1-4-8(14(16)17)10(7)13-11(15)9-5-2-6-18-9/h1-6H,(H,13,15). The lowest BCUT2D eigenvalue weighted by Gasteiger charge is -2.05. The predicted octanol–water partition coefficient (Wildman–Crippen LogP) is 2.58. The Morgan fingerprint density at radius 1 is 1.33 bits per heavy atom. The molecule has 0 unspecified atom stereocenters. The number of hydrogen-bond donors (Lipinski definition) is 1. The maximum Gasteiger partial charge on any atom is 0.295 e. The molecule has 1 aromatic heterocycles. The fourth-order valence-electron chi connectivity index (χ4n) is 1.37. The third kappa shape index (κ3) is 2.19. The lowest BCUT2D eigenvalue weighted by Crippen LogP contribution is -2.13. The third-order valence-corrected chi connectivity index (χ3v) is 2.17. The second-order valence-corrected chi connectivity index (χ2v) is 3.32. The van der Waals surface area contributed by atoms with Crippen molar-refractivity contribution >= 4 is 17.3 Å². The number of para-hydroxylation sites is 1. The number of hydrogen-bond acceptors (Lipinski definition) is 4. The van der Waals surface area contributed by atoms with Crippen molar-refractivity contribution in [2.75, 3.05) is 5.32 Å². The molecule has 0 saturated carbocycles. The number of furan rings is 1. The van der Waals surface area contributed by atoms with E-state index in [1.165, 1.54) is 24.5 Å². The summed E-state index contributed by atoms with van der Waals surface area (Å²) in [4.78, 5) is 21.5. The van der Waals surface area contributed by atoms with E-state index in [0.717, 1.165) is 12.1 Å². The van der Waals surface area contributed by atoms with Crippen LogP contribution in [-0.2, 0) is 0 Å². The van der Waals surface area contributed by atoms with Gasteiger partial charge in [-0.3, -0.25) is 14.9 Å². The minimum atomic E-state index is -0.885. The summed E-state index contributed by atoms with van der Waals surface area (Å²) in [7, 11) is 0. The smallest absolute Gasteiger partial charge is 0.295 e. The van der Waals surface area contributed by atoms with Crippen LogP contribution >= 0.6 is 0 Å². The fourth-order valence-corrected chi connectivity index (χ4v) is 1.37. The van der Waals surface area contributed by atoms with Gasteiger partial charge in [0, 0.05) is 6.07 Å². The van der Waals surface area contributed by atoms with Gasteiger partial charge in [-0.05, 0) is 18.2 Å². The summed E-state index contributed by atoms with van der Waals surface area (Å²) in [5, 5.41) is 12.8. The molecule has 18 heavy (non-hydrogen) atoms. The van der Waals surface area contributed by atoms with Crippen molar-refractivity contribution in [1.29, 1.82) is 0 Å². The first-order valence-corrected chi connectivity index (χ1v) is 4.87. The Kier molecular flexibility index (Phi) is 3.05. The molecule has 0 saturated heterocycles. The molecule has 0 aliphatic rings. The molecule has 6 nitrogen and oxygen atoms in total. The average Bonchev–Trinajstić information content (AvgIpc) is 2.85. The maximum atomic E-state index is 13.5. The molecule has 1 N–H and O–H groups in total. The van der Waals surface area contributed by atoms with Gasteiger partial charge < -0.3 is 9.73 Å². The van der Waals surface area contributed by atoms with Gasteiger partial charge in [0.1, 0.15) is 0 Å². The van der Waals surface area contributed by atoms with Gasteiger partial charge in [-0.15, -0.1) is 0 Å². The van der Waals surface area contributed by atoms with Gasteiger partial charge in [-0.2, -0.15) is 0 Å². The Morgan fingerprint density at radius 3 is 2.72 bits per heavy atom. The zero-order valence-corrected chi connectivity index (χ0v) is 8.92. The Morgan fingerprint density at radius 2 is 2.11 bits per heavy atom. The van der Waals surface area contributed by atoms with Gasteiger partial charge in [-0.1, -0.05) is 6.07 Å². The van der Waals surface area contributed by atoms with Crippen LogP contribution in [0.3, 0.4) is 0 Å². The van der Waals surface area contributed by atoms with E-state index in [4.69, 9.17) is 4.42 Å². The number of carbonyl (C=O) groups excluding carboxylic acids is 1. The molecule has 7 heteroatoms. The summed E-state index contributed by atoms with van der Waals surface area (Å²) < 4.78 is 18.3. The first-order valence-electron chi connectivity index (χ1n) is 4.87. The third-order valence-electron chi connectivity index (χ3n) is 2.17. The molecule has 0 spiro atoms. The van der Waals surface area contributed by atoms with Crippen LogP contribution in [0.25, 0.3) is 0 Å². The highest BCUT2D eigenvalue weighted by molar-refractivity contribution is 6.03. The molecule has 0 atom stereocenters. The van der Waals surface area contributed by atoms with Gasteiger partial charge in [-0.25, -0.2) is 4.39 Å². The Bertz CT molecular complexity index is 595. The number of carbonyl (C=O) groups is 1. The number of benzene rings is 1. The van der Waals surface area contributed by atoms with Crippen LogP contribution in [0.15, 0.2) is 41.0 Å². The monoisotopic (exact) mass is 250 g/mol. The lowest BCUT2D eigenvalue weighted by atomic mass is 10.2. The molecule has 0 fully saturated rings. The molecule has 0 radical (unpaired) electrons. The molecular formula is C11H7FN2O4. The number of nitrogens with one attached hydrogen (secondary N) is 1. The van der Waals surface area contributed by atoms with Gasteiger partial charge >= 0.3 is 0 Å². The summed E-state index contributed by atoms with van der Waals surface area (Å²) in [5.74, 6) is -1.70. The normalized spacial score (nSPS) is 10.1. The number of nitrogens with zero attached hydrogens (tertiary/aromatic N) is 1. The fraction of sp³-hybridized carbons (Fsp3) is 0. The average molecular weight is 250 g/mol. The van der Waals surface area contributed by atoms with E-state index in [0.29, 0.717) is 0 Å². The van der Waals surface area contributed by atoms with Crippen molar-refractivity contribution in [2.45, 2.75) is 0 Å². The van der Waals surface area contributed by atoms with Crippen LogP contribution in [0, 0.1) is 15.9 Å². The number of nitro groups is 1. The van der Waals surface area contributed by atoms with Crippen molar-refractivity contribution in [2.24, 2.45) is 0 Å². The Hall–Kier alpha value is -2.70. The van der Waals surface area contributed by atoms with Crippen LogP contribution in [0.4, 0.5) is 15.8 Å². The second kappa shape index (κ2) is 4.66. The highest BCUT2D eigenvalue weighted by atomic mass is 19.1. The summed E-state index contributed by atoms with van der Waals surface area (Å²) in [6.07, 6.45) is 1.27. The summed E-state index contributed by atoms with van der Waals surface area (Å²) in [6, 6.07) is 6.15. The molecule has 92 valence electrons. The van der Waals surface area contributed by atoms with Gasteiger partial charge in [0.25, 0.3) is 11.6 Å². The van der Waals surface area contributed by atoms with Crippen LogP contribution < -0.4 is 5.32 Å². The van der Waals surface area contributed by atoms with E-state index in [-0.39, 0.29) is 5.76 Å². The Balaban J connectivity index is 2.34. The molecule has 1 aromatic carbocycles. The van der Waals surface area contributed by atoms with E-state index >= 15 is 0 Å². The van der Waals surface area contributed by atoms with E-state index < -0.39 is 28.0 Å². The van der Waals surface area contributed by atoms with Crippen molar-refractivity contribution < 1.29 is 18.5 Å². The SMILES string of the molecule is O=C(Nc1c(F)cccc1[N+](=O)[O-])c1ccco1.